The topological polar surface area (TPSA) is 51.5 Å². The quantitative estimate of drug-likeness (QED) is 0.939. The summed E-state index contributed by atoms with van der Waals surface area (Å²) in [6, 6.07) is 13.7. The highest BCUT2D eigenvalue weighted by molar-refractivity contribution is 5.91. The Kier molecular flexibility index (Phi) is 4.06. The second-order valence-electron chi connectivity index (χ2n) is 5.42. The van der Waals surface area contributed by atoms with Gasteiger partial charge in [-0.1, -0.05) is 30.3 Å². The zero-order chi connectivity index (χ0) is 14.5. The fourth-order valence-electron chi connectivity index (χ4n) is 2.87. The first-order valence-electron chi connectivity index (χ1n) is 7.25. The summed E-state index contributed by atoms with van der Waals surface area (Å²) in [6.07, 6.45) is 3.33. The van der Waals surface area contributed by atoms with Gasteiger partial charge in [-0.3, -0.25) is 4.79 Å². The summed E-state index contributed by atoms with van der Waals surface area (Å²) >= 11 is 0. The summed E-state index contributed by atoms with van der Waals surface area (Å²) in [7, 11) is 0. The first kappa shape index (κ1) is 13.9. The van der Waals surface area contributed by atoms with Gasteiger partial charge in [-0.25, -0.2) is 0 Å². The highest BCUT2D eigenvalue weighted by Gasteiger charge is 2.34. The van der Waals surface area contributed by atoms with E-state index in [-0.39, 0.29) is 11.3 Å². The van der Waals surface area contributed by atoms with Crippen molar-refractivity contribution in [1.29, 1.82) is 0 Å². The Morgan fingerprint density at radius 3 is 2.52 bits per heavy atom. The molecule has 1 aliphatic rings. The average Bonchev–Trinajstić information content (AvgIpc) is 3.09. The van der Waals surface area contributed by atoms with Gasteiger partial charge < -0.3 is 14.5 Å². The SMILES string of the molecule is O=C(NCC1(c2ccccc2)CCOCC1)c1ccco1. The predicted molar refractivity (Wildman–Crippen MR) is 79.2 cm³/mol. The van der Waals surface area contributed by atoms with Gasteiger partial charge in [0.05, 0.1) is 6.26 Å². The average molecular weight is 285 g/mol. The van der Waals surface area contributed by atoms with Crippen molar-refractivity contribution < 1.29 is 13.9 Å². The summed E-state index contributed by atoms with van der Waals surface area (Å²) in [4.78, 5) is 12.1. The monoisotopic (exact) mass is 285 g/mol. The van der Waals surface area contributed by atoms with Crippen LogP contribution in [0.15, 0.2) is 53.1 Å². The highest BCUT2D eigenvalue weighted by Crippen LogP contribution is 2.34. The number of nitrogens with one attached hydrogen (secondary N) is 1. The molecule has 4 heteroatoms. The molecule has 0 bridgehead atoms. The first-order valence-corrected chi connectivity index (χ1v) is 7.25. The Balaban J connectivity index is 1.76. The molecule has 1 saturated heterocycles. The van der Waals surface area contributed by atoms with Gasteiger partial charge in [0, 0.05) is 25.2 Å². The molecule has 0 atom stereocenters. The first-order chi connectivity index (χ1) is 10.3. The molecule has 1 amide bonds. The van der Waals surface area contributed by atoms with Gasteiger partial charge in [0.2, 0.25) is 0 Å². The van der Waals surface area contributed by atoms with Crippen molar-refractivity contribution in [1.82, 2.24) is 5.32 Å². The van der Waals surface area contributed by atoms with Crippen LogP contribution in [0.25, 0.3) is 0 Å². The van der Waals surface area contributed by atoms with Gasteiger partial charge in [0.1, 0.15) is 0 Å². The van der Waals surface area contributed by atoms with E-state index in [1.54, 1.807) is 12.1 Å². The van der Waals surface area contributed by atoms with Crippen LogP contribution in [0.3, 0.4) is 0 Å². The van der Waals surface area contributed by atoms with Gasteiger partial charge in [0.15, 0.2) is 5.76 Å². The minimum Gasteiger partial charge on any atom is -0.459 e. The molecule has 0 unspecified atom stereocenters. The van der Waals surface area contributed by atoms with Crippen molar-refractivity contribution in [2.75, 3.05) is 19.8 Å². The molecule has 110 valence electrons. The van der Waals surface area contributed by atoms with Gasteiger partial charge in [0.25, 0.3) is 5.91 Å². The highest BCUT2D eigenvalue weighted by atomic mass is 16.5. The summed E-state index contributed by atoms with van der Waals surface area (Å²) in [5, 5.41) is 3.01. The predicted octanol–water partition coefficient (Wildman–Crippen LogP) is 2.76. The van der Waals surface area contributed by atoms with E-state index >= 15 is 0 Å². The molecule has 1 aromatic heterocycles. The molecular formula is C17H19NO3. The third-order valence-corrected chi connectivity index (χ3v) is 4.17. The molecule has 0 aliphatic carbocycles. The van der Waals surface area contributed by atoms with Crippen LogP contribution in [0.4, 0.5) is 0 Å². The van der Waals surface area contributed by atoms with Crippen LogP contribution in [0.1, 0.15) is 29.0 Å². The lowest BCUT2D eigenvalue weighted by atomic mass is 9.74. The largest absolute Gasteiger partial charge is 0.459 e. The van der Waals surface area contributed by atoms with E-state index in [0.29, 0.717) is 12.3 Å². The van der Waals surface area contributed by atoms with Crippen molar-refractivity contribution in [3.8, 4) is 0 Å². The molecule has 3 rings (SSSR count). The molecule has 2 heterocycles. The standard InChI is InChI=1S/C17H19NO3/c19-16(15-7-4-10-21-15)18-13-17(8-11-20-12-9-17)14-5-2-1-3-6-14/h1-7,10H,8-9,11-13H2,(H,18,19). The maximum Gasteiger partial charge on any atom is 0.287 e. The minimum absolute atomic E-state index is 0.0538. The van der Waals surface area contributed by atoms with Gasteiger partial charge in [-0.05, 0) is 30.5 Å². The van der Waals surface area contributed by atoms with E-state index in [1.807, 2.05) is 18.2 Å². The smallest absolute Gasteiger partial charge is 0.287 e. The Morgan fingerprint density at radius 1 is 1.10 bits per heavy atom. The van der Waals surface area contributed by atoms with Gasteiger partial charge in [-0.15, -0.1) is 0 Å². The summed E-state index contributed by atoms with van der Waals surface area (Å²) < 4.78 is 10.6. The molecule has 0 spiro atoms. The van der Waals surface area contributed by atoms with E-state index in [0.717, 1.165) is 26.1 Å². The molecule has 1 aliphatic heterocycles. The molecule has 2 aromatic rings. The maximum absolute atomic E-state index is 12.1. The number of carbonyl (C=O) groups excluding carboxylic acids is 1. The third-order valence-electron chi connectivity index (χ3n) is 4.17. The second-order valence-corrected chi connectivity index (χ2v) is 5.42. The number of furan rings is 1. The molecule has 1 N–H and O–H groups in total. The lowest BCUT2D eigenvalue weighted by Crippen LogP contribution is -2.44. The summed E-state index contributed by atoms with van der Waals surface area (Å²) in [5.41, 5.74) is 1.20. The fraction of sp³-hybridized carbons (Fsp3) is 0.353. The Labute approximate surface area is 124 Å². The normalized spacial score (nSPS) is 17.3. The molecule has 1 fully saturated rings. The van der Waals surface area contributed by atoms with Gasteiger partial charge in [-0.2, -0.15) is 0 Å². The Hall–Kier alpha value is -2.07. The number of hydrogen-bond donors (Lipinski definition) is 1. The molecule has 21 heavy (non-hydrogen) atoms. The van der Waals surface area contributed by atoms with E-state index in [4.69, 9.17) is 9.15 Å². The number of carbonyl (C=O) groups is 1. The van der Waals surface area contributed by atoms with Crippen LogP contribution in [0.2, 0.25) is 0 Å². The van der Waals surface area contributed by atoms with Crippen LogP contribution in [-0.4, -0.2) is 25.7 Å². The number of amides is 1. The van der Waals surface area contributed by atoms with E-state index in [9.17, 15) is 4.79 Å². The number of benzene rings is 1. The molecular weight excluding hydrogens is 266 g/mol. The number of hydrogen-bond acceptors (Lipinski definition) is 3. The Morgan fingerprint density at radius 2 is 1.86 bits per heavy atom. The van der Waals surface area contributed by atoms with Crippen molar-refractivity contribution in [3.05, 3.63) is 60.1 Å². The van der Waals surface area contributed by atoms with Crippen LogP contribution < -0.4 is 5.32 Å². The van der Waals surface area contributed by atoms with E-state index in [2.05, 4.69) is 17.4 Å². The molecule has 4 nitrogen and oxygen atoms in total. The third kappa shape index (κ3) is 3.00. The van der Waals surface area contributed by atoms with Gasteiger partial charge >= 0.3 is 0 Å². The number of rotatable bonds is 4. The van der Waals surface area contributed by atoms with E-state index in [1.165, 1.54) is 11.8 Å². The van der Waals surface area contributed by atoms with Crippen LogP contribution in [0.5, 0.6) is 0 Å². The molecule has 1 aromatic carbocycles. The maximum atomic E-state index is 12.1. The van der Waals surface area contributed by atoms with Crippen LogP contribution in [-0.2, 0) is 10.2 Å². The zero-order valence-electron chi connectivity index (χ0n) is 11.9. The van der Waals surface area contributed by atoms with Crippen LogP contribution in [0, 0.1) is 0 Å². The van der Waals surface area contributed by atoms with Crippen molar-refractivity contribution in [2.45, 2.75) is 18.3 Å². The van der Waals surface area contributed by atoms with Crippen LogP contribution >= 0.6 is 0 Å². The van der Waals surface area contributed by atoms with Crippen molar-refractivity contribution >= 4 is 5.91 Å². The second kappa shape index (κ2) is 6.14. The lowest BCUT2D eigenvalue weighted by Gasteiger charge is -2.37. The Bertz CT molecular complexity index is 571. The van der Waals surface area contributed by atoms with Crippen molar-refractivity contribution in [2.24, 2.45) is 0 Å². The number of ether oxygens (including phenoxy) is 1. The fourth-order valence-corrected chi connectivity index (χ4v) is 2.87. The zero-order valence-corrected chi connectivity index (χ0v) is 11.9. The molecule has 0 saturated carbocycles. The lowest BCUT2D eigenvalue weighted by molar-refractivity contribution is 0.0484. The minimum atomic E-state index is -0.165. The van der Waals surface area contributed by atoms with Crippen molar-refractivity contribution in [3.63, 3.8) is 0 Å². The summed E-state index contributed by atoms with van der Waals surface area (Å²) in [5.74, 6) is 0.187. The molecule has 0 radical (unpaired) electrons. The summed E-state index contributed by atoms with van der Waals surface area (Å²) in [6.45, 7) is 2.05. The van der Waals surface area contributed by atoms with E-state index < -0.39 is 0 Å².